The summed E-state index contributed by atoms with van der Waals surface area (Å²) in [6.45, 7) is 0. The summed E-state index contributed by atoms with van der Waals surface area (Å²) in [4.78, 5) is 14.9. The van der Waals surface area contributed by atoms with Crippen molar-refractivity contribution in [2.45, 2.75) is 6.18 Å². The lowest BCUT2D eigenvalue weighted by atomic mass is 10.3. The molecule has 0 bridgehead atoms. The van der Waals surface area contributed by atoms with E-state index in [-0.39, 0.29) is 12.4 Å². The number of alkyl halides is 3. The molecule has 0 aliphatic rings. The van der Waals surface area contributed by atoms with Crippen LogP contribution in [0.15, 0.2) is 17.2 Å². The van der Waals surface area contributed by atoms with Crippen molar-refractivity contribution in [3.63, 3.8) is 0 Å². The second-order valence-electron chi connectivity index (χ2n) is 1.81. The van der Waals surface area contributed by atoms with E-state index in [1.54, 1.807) is 0 Å². The summed E-state index contributed by atoms with van der Waals surface area (Å²) in [5.74, 6) is 0. The van der Waals surface area contributed by atoms with E-state index in [9.17, 15) is 18.0 Å². The Bertz CT molecular complexity index is 288. The molecular formula is C5H4ClF3N2O. The first-order chi connectivity index (χ1) is 5.00. The minimum absolute atomic E-state index is 0. The van der Waals surface area contributed by atoms with E-state index in [1.807, 2.05) is 4.98 Å². The van der Waals surface area contributed by atoms with E-state index in [2.05, 4.69) is 4.98 Å². The Hall–Kier alpha value is -1.04. The minimum Gasteiger partial charge on any atom is -0.312 e. The average Bonchev–Trinajstić information content (AvgIpc) is 1.86. The zero-order valence-corrected chi connectivity index (χ0v) is 6.37. The van der Waals surface area contributed by atoms with Crippen LogP contribution in [-0.2, 0) is 6.18 Å². The molecule has 0 atom stereocenters. The second-order valence-corrected chi connectivity index (χ2v) is 1.81. The van der Waals surface area contributed by atoms with Crippen molar-refractivity contribution in [3.05, 3.63) is 28.4 Å². The first kappa shape index (κ1) is 11.0. The van der Waals surface area contributed by atoms with Crippen molar-refractivity contribution in [3.8, 4) is 0 Å². The molecule has 0 aromatic carbocycles. The highest BCUT2D eigenvalue weighted by atomic mass is 35.5. The lowest BCUT2D eigenvalue weighted by molar-refractivity contribution is -0.138. The summed E-state index contributed by atoms with van der Waals surface area (Å²) < 4.78 is 35.3. The van der Waals surface area contributed by atoms with Crippen molar-refractivity contribution < 1.29 is 13.2 Å². The van der Waals surface area contributed by atoms with Crippen molar-refractivity contribution in [1.82, 2.24) is 9.97 Å². The topological polar surface area (TPSA) is 45.8 Å². The third kappa shape index (κ3) is 2.54. The van der Waals surface area contributed by atoms with Crippen molar-refractivity contribution in [2.75, 3.05) is 0 Å². The van der Waals surface area contributed by atoms with E-state index in [0.29, 0.717) is 12.4 Å². The lowest BCUT2D eigenvalue weighted by Crippen LogP contribution is -2.14. The van der Waals surface area contributed by atoms with Gasteiger partial charge in [0, 0.05) is 12.4 Å². The van der Waals surface area contributed by atoms with Gasteiger partial charge in [-0.3, -0.25) is 0 Å². The fourth-order valence-electron chi connectivity index (χ4n) is 0.497. The summed E-state index contributed by atoms with van der Waals surface area (Å²) in [5, 5.41) is 0. The van der Waals surface area contributed by atoms with Crippen molar-refractivity contribution in [1.29, 1.82) is 0 Å². The quantitative estimate of drug-likeness (QED) is 0.684. The first-order valence-corrected chi connectivity index (χ1v) is 2.62. The van der Waals surface area contributed by atoms with Crippen LogP contribution >= 0.6 is 12.4 Å². The van der Waals surface area contributed by atoms with Crippen LogP contribution < -0.4 is 5.69 Å². The number of hydrogen-bond donors (Lipinski definition) is 1. The molecule has 1 aromatic heterocycles. The summed E-state index contributed by atoms with van der Waals surface area (Å²) in [7, 11) is 0. The monoisotopic (exact) mass is 200 g/mol. The lowest BCUT2D eigenvalue weighted by Gasteiger charge is -2.02. The molecule has 0 saturated heterocycles. The van der Waals surface area contributed by atoms with E-state index in [1.165, 1.54) is 0 Å². The zero-order chi connectivity index (χ0) is 8.48. The number of aromatic amines is 1. The maximum Gasteiger partial charge on any atom is 0.419 e. The predicted octanol–water partition coefficient (Wildman–Crippen LogP) is 1.21. The fraction of sp³-hybridized carbons (Fsp3) is 0.200. The number of nitrogens with one attached hydrogen (secondary N) is 1. The van der Waals surface area contributed by atoms with Gasteiger partial charge in [0.05, 0.1) is 5.56 Å². The van der Waals surface area contributed by atoms with E-state index < -0.39 is 17.4 Å². The van der Waals surface area contributed by atoms with Crippen LogP contribution in [-0.4, -0.2) is 9.97 Å². The van der Waals surface area contributed by atoms with Crippen LogP contribution in [0.25, 0.3) is 0 Å². The Morgan fingerprint density at radius 2 is 2.00 bits per heavy atom. The zero-order valence-electron chi connectivity index (χ0n) is 5.55. The Balaban J connectivity index is 0.00000121. The van der Waals surface area contributed by atoms with Gasteiger partial charge in [-0.15, -0.1) is 12.4 Å². The predicted molar refractivity (Wildman–Crippen MR) is 37.1 cm³/mol. The van der Waals surface area contributed by atoms with Gasteiger partial charge in [-0.2, -0.15) is 13.2 Å². The standard InChI is InChI=1S/C5H3F3N2O.ClH/c6-5(7,8)3-1-9-4(11)10-2-3;/h1-2H,(H,9,10,11);1H. The highest BCUT2D eigenvalue weighted by Crippen LogP contribution is 2.26. The van der Waals surface area contributed by atoms with Gasteiger partial charge in [-0.1, -0.05) is 0 Å². The van der Waals surface area contributed by atoms with Gasteiger partial charge >= 0.3 is 11.9 Å². The molecule has 0 fully saturated rings. The number of nitrogens with zero attached hydrogens (tertiary/aromatic N) is 1. The molecule has 0 unspecified atom stereocenters. The molecule has 68 valence electrons. The molecule has 0 radical (unpaired) electrons. The van der Waals surface area contributed by atoms with Crippen LogP contribution in [0, 0.1) is 0 Å². The number of H-pyrrole nitrogens is 1. The third-order valence-electron chi connectivity index (χ3n) is 0.999. The van der Waals surface area contributed by atoms with E-state index >= 15 is 0 Å². The van der Waals surface area contributed by atoms with Crippen molar-refractivity contribution in [2.24, 2.45) is 0 Å². The van der Waals surface area contributed by atoms with Gasteiger partial charge in [0.1, 0.15) is 0 Å². The summed E-state index contributed by atoms with van der Waals surface area (Å²) in [6, 6.07) is 0. The molecule has 7 heteroatoms. The maximum atomic E-state index is 11.8. The Labute approximate surface area is 71.0 Å². The van der Waals surface area contributed by atoms with Gasteiger partial charge in [0.2, 0.25) is 0 Å². The van der Waals surface area contributed by atoms with Gasteiger partial charge in [-0.05, 0) is 0 Å². The van der Waals surface area contributed by atoms with Crippen LogP contribution in [0.4, 0.5) is 13.2 Å². The maximum absolute atomic E-state index is 11.8. The molecule has 0 aliphatic heterocycles. The molecular weight excluding hydrogens is 197 g/mol. The Kier molecular flexibility index (Phi) is 3.26. The average molecular weight is 201 g/mol. The highest BCUT2D eigenvalue weighted by Gasteiger charge is 2.30. The molecule has 0 saturated carbocycles. The number of aromatic nitrogens is 2. The molecule has 0 amide bonds. The number of rotatable bonds is 0. The molecule has 1 heterocycles. The summed E-state index contributed by atoms with van der Waals surface area (Å²) >= 11 is 0. The molecule has 0 spiro atoms. The normalized spacial score (nSPS) is 10.6. The highest BCUT2D eigenvalue weighted by molar-refractivity contribution is 5.85. The molecule has 12 heavy (non-hydrogen) atoms. The van der Waals surface area contributed by atoms with E-state index in [4.69, 9.17) is 0 Å². The molecule has 1 rings (SSSR count). The Morgan fingerprint density at radius 3 is 2.33 bits per heavy atom. The summed E-state index contributed by atoms with van der Waals surface area (Å²) in [6.07, 6.45) is -3.38. The van der Waals surface area contributed by atoms with E-state index in [0.717, 1.165) is 0 Å². The van der Waals surface area contributed by atoms with Gasteiger partial charge in [0.25, 0.3) is 0 Å². The number of hydrogen-bond acceptors (Lipinski definition) is 2. The third-order valence-corrected chi connectivity index (χ3v) is 0.999. The van der Waals surface area contributed by atoms with Crippen LogP contribution in [0.1, 0.15) is 5.56 Å². The van der Waals surface area contributed by atoms with Crippen LogP contribution in [0.5, 0.6) is 0 Å². The molecule has 1 aromatic rings. The van der Waals surface area contributed by atoms with Gasteiger partial charge in [0.15, 0.2) is 0 Å². The minimum atomic E-state index is -4.45. The number of halogens is 4. The van der Waals surface area contributed by atoms with Crippen LogP contribution in [0.3, 0.4) is 0 Å². The second kappa shape index (κ2) is 3.57. The molecule has 3 nitrogen and oxygen atoms in total. The molecule has 0 aliphatic carbocycles. The largest absolute Gasteiger partial charge is 0.419 e. The van der Waals surface area contributed by atoms with Gasteiger partial charge < -0.3 is 4.98 Å². The first-order valence-electron chi connectivity index (χ1n) is 2.62. The van der Waals surface area contributed by atoms with Gasteiger partial charge in [-0.25, -0.2) is 9.78 Å². The molecule has 1 N–H and O–H groups in total. The fourth-order valence-corrected chi connectivity index (χ4v) is 0.497. The van der Waals surface area contributed by atoms with Crippen molar-refractivity contribution >= 4 is 12.4 Å². The Morgan fingerprint density at radius 1 is 1.42 bits per heavy atom. The van der Waals surface area contributed by atoms with Crippen LogP contribution in [0.2, 0.25) is 0 Å². The SMILES string of the molecule is Cl.O=c1ncc(C(F)(F)F)c[nH]1. The smallest absolute Gasteiger partial charge is 0.312 e. The summed E-state index contributed by atoms with van der Waals surface area (Å²) in [5.41, 5.74) is -1.75.